The first kappa shape index (κ1) is 11.0. The van der Waals surface area contributed by atoms with Crippen LogP contribution in [0.1, 0.15) is 40.0 Å². The monoisotopic (exact) mass is 184 g/mol. The first-order valence-electron chi connectivity index (χ1n) is 5.63. The van der Waals surface area contributed by atoms with E-state index in [9.17, 15) is 0 Å². The molecule has 0 spiro atoms. The fraction of sp³-hybridized carbons (Fsp3) is 1.00. The molecular formula is C11H24N2. The van der Waals surface area contributed by atoms with Gasteiger partial charge in [0.2, 0.25) is 0 Å². The Hall–Kier alpha value is -0.0800. The molecule has 0 aliphatic carbocycles. The van der Waals surface area contributed by atoms with Crippen LogP contribution in [0.25, 0.3) is 0 Å². The number of hydrogen-bond donors (Lipinski definition) is 1. The topological polar surface area (TPSA) is 15.3 Å². The maximum Gasteiger partial charge on any atom is 0.0326 e. The van der Waals surface area contributed by atoms with Crippen LogP contribution in [-0.4, -0.2) is 36.6 Å². The predicted molar refractivity (Wildman–Crippen MR) is 58.0 cm³/mol. The molecule has 1 unspecified atom stereocenters. The van der Waals surface area contributed by atoms with Crippen LogP contribution in [0.2, 0.25) is 0 Å². The van der Waals surface area contributed by atoms with Crippen molar-refractivity contribution >= 4 is 0 Å². The largest absolute Gasteiger partial charge is 0.311 e. The van der Waals surface area contributed by atoms with Gasteiger partial charge >= 0.3 is 0 Å². The van der Waals surface area contributed by atoms with Crippen molar-refractivity contribution in [3.05, 3.63) is 0 Å². The Morgan fingerprint density at radius 3 is 2.31 bits per heavy atom. The zero-order valence-corrected chi connectivity index (χ0v) is 9.56. The summed E-state index contributed by atoms with van der Waals surface area (Å²) in [5.41, 5.74) is 0.422. The molecule has 0 saturated carbocycles. The lowest BCUT2D eigenvalue weighted by Gasteiger charge is -2.47. The molecule has 13 heavy (non-hydrogen) atoms. The Kier molecular flexibility index (Phi) is 3.74. The molecule has 0 aromatic carbocycles. The number of hydrogen-bond acceptors (Lipinski definition) is 2. The van der Waals surface area contributed by atoms with E-state index in [4.69, 9.17) is 0 Å². The van der Waals surface area contributed by atoms with E-state index in [1.807, 2.05) is 0 Å². The number of nitrogens with one attached hydrogen (secondary N) is 1. The summed E-state index contributed by atoms with van der Waals surface area (Å²) in [5, 5.41) is 3.65. The van der Waals surface area contributed by atoms with Crippen molar-refractivity contribution in [2.24, 2.45) is 0 Å². The second kappa shape index (κ2) is 4.43. The normalized spacial score (nSPS) is 29.1. The van der Waals surface area contributed by atoms with Gasteiger partial charge in [-0.2, -0.15) is 0 Å². The lowest BCUT2D eigenvalue weighted by Crippen LogP contribution is -2.62. The molecule has 2 heteroatoms. The molecule has 1 saturated heterocycles. The molecule has 1 atom stereocenters. The number of rotatable bonds is 3. The summed E-state index contributed by atoms with van der Waals surface area (Å²) in [6.07, 6.45) is 3.75. The summed E-state index contributed by atoms with van der Waals surface area (Å²) in [4.78, 5) is 2.55. The summed E-state index contributed by atoms with van der Waals surface area (Å²) < 4.78 is 0. The molecule has 2 nitrogen and oxygen atoms in total. The van der Waals surface area contributed by atoms with E-state index in [1.54, 1.807) is 0 Å². The zero-order chi connectivity index (χ0) is 9.90. The quantitative estimate of drug-likeness (QED) is 0.720. The highest BCUT2D eigenvalue weighted by atomic mass is 15.2. The van der Waals surface area contributed by atoms with Gasteiger partial charge in [0.1, 0.15) is 0 Å². The van der Waals surface area contributed by atoms with Crippen LogP contribution in [0.4, 0.5) is 0 Å². The third-order valence-corrected chi connectivity index (χ3v) is 3.83. The van der Waals surface area contributed by atoms with Gasteiger partial charge in [0.05, 0.1) is 0 Å². The Balaban J connectivity index is 2.60. The van der Waals surface area contributed by atoms with Crippen molar-refractivity contribution in [3.63, 3.8) is 0 Å². The molecule has 0 bridgehead atoms. The summed E-state index contributed by atoms with van der Waals surface area (Å²) in [5.74, 6) is 0. The molecule has 0 aromatic rings. The van der Waals surface area contributed by atoms with Crippen molar-refractivity contribution in [3.8, 4) is 0 Å². The minimum Gasteiger partial charge on any atom is -0.311 e. The Morgan fingerprint density at radius 2 is 1.92 bits per heavy atom. The number of likely N-dealkylation sites (N-methyl/N-ethyl adjacent to an activating group) is 1. The van der Waals surface area contributed by atoms with E-state index >= 15 is 0 Å². The van der Waals surface area contributed by atoms with Gasteiger partial charge in [-0.25, -0.2) is 0 Å². The van der Waals surface area contributed by atoms with Crippen molar-refractivity contribution in [2.45, 2.75) is 51.6 Å². The smallest absolute Gasteiger partial charge is 0.0326 e. The standard InChI is InChI=1S/C11H24N2/c1-5-10-8-13(4)11(6-2,7-3)9-12-10/h10,12H,5-9H2,1-4H3. The maximum absolute atomic E-state index is 3.65. The van der Waals surface area contributed by atoms with E-state index in [2.05, 4.69) is 38.0 Å². The summed E-state index contributed by atoms with van der Waals surface area (Å²) in [6.45, 7) is 9.23. The average Bonchev–Trinajstić information content (AvgIpc) is 2.18. The Bertz CT molecular complexity index is 152. The minimum absolute atomic E-state index is 0.422. The van der Waals surface area contributed by atoms with E-state index in [1.165, 1.54) is 25.8 Å². The molecule has 78 valence electrons. The van der Waals surface area contributed by atoms with Crippen LogP contribution in [-0.2, 0) is 0 Å². The average molecular weight is 184 g/mol. The van der Waals surface area contributed by atoms with E-state index in [0.717, 1.165) is 6.54 Å². The maximum atomic E-state index is 3.65. The van der Waals surface area contributed by atoms with Crippen LogP contribution in [0.5, 0.6) is 0 Å². The van der Waals surface area contributed by atoms with Gasteiger partial charge in [-0.05, 0) is 26.3 Å². The SMILES string of the molecule is CCC1CN(C)C(CC)(CC)CN1. The number of piperazine rings is 1. The second-order valence-electron chi connectivity index (χ2n) is 4.30. The van der Waals surface area contributed by atoms with Gasteiger partial charge in [-0.15, -0.1) is 0 Å². The minimum atomic E-state index is 0.422. The molecule has 1 aliphatic heterocycles. The van der Waals surface area contributed by atoms with Crippen LogP contribution in [0.3, 0.4) is 0 Å². The second-order valence-corrected chi connectivity index (χ2v) is 4.30. The van der Waals surface area contributed by atoms with E-state index < -0.39 is 0 Å². The summed E-state index contributed by atoms with van der Waals surface area (Å²) >= 11 is 0. The zero-order valence-electron chi connectivity index (χ0n) is 9.56. The molecule has 0 radical (unpaired) electrons. The van der Waals surface area contributed by atoms with Crippen LogP contribution in [0, 0.1) is 0 Å². The molecule has 0 amide bonds. The highest BCUT2D eigenvalue weighted by molar-refractivity contribution is 4.95. The van der Waals surface area contributed by atoms with Crippen molar-refractivity contribution in [1.82, 2.24) is 10.2 Å². The molecule has 1 N–H and O–H groups in total. The molecule has 1 rings (SSSR count). The predicted octanol–water partition coefficient (Wildman–Crippen LogP) is 1.86. The van der Waals surface area contributed by atoms with Crippen molar-refractivity contribution in [1.29, 1.82) is 0 Å². The lowest BCUT2D eigenvalue weighted by atomic mass is 9.87. The summed E-state index contributed by atoms with van der Waals surface area (Å²) in [6, 6.07) is 0.705. The third kappa shape index (κ3) is 2.05. The van der Waals surface area contributed by atoms with Crippen LogP contribution >= 0.6 is 0 Å². The molecule has 1 aliphatic rings. The van der Waals surface area contributed by atoms with Crippen LogP contribution < -0.4 is 5.32 Å². The molecular weight excluding hydrogens is 160 g/mol. The highest BCUT2D eigenvalue weighted by Gasteiger charge is 2.35. The van der Waals surface area contributed by atoms with Gasteiger partial charge < -0.3 is 5.32 Å². The van der Waals surface area contributed by atoms with Gasteiger partial charge in [0.25, 0.3) is 0 Å². The summed E-state index contributed by atoms with van der Waals surface area (Å²) in [7, 11) is 2.27. The first-order valence-corrected chi connectivity index (χ1v) is 5.63. The highest BCUT2D eigenvalue weighted by Crippen LogP contribution is 2.25. The van der Waals surface area contributed by atoms with Gasteiger partial charge in [-0.1, -0.05) is 20.8 Å². The fourth-order valence-electron chi connectivity index (χ4n) is 2.37. The fourth-order valence-corrected chi connectivity index (χ4v) is 2.37. The van der Waals surface area contributed by atoms with Crippen LogP contribution in [0.15, 0.2) is 0 Å². The van der Waals surface area contributed by atoms with Gasteiger partial charge in [0.15, 0.2) is 0 Å². The first-order chi connectivity index (χ1) is 6.18. The van der Waals surface area contributed by atoms with Crippen molar-refractivity contribution in [2.75, 3.05) is 20.1 Å². The van der Waals surface area contributed by atoms with Gasteiger partial charge in [0, 0.05) is 24.7 Å². The third-order valence-electron chi connectivity index (χ3n) is 3.83. The molecule has 1 heterocycles. The number of nitrogens with zero attached hydrogens (tertiary/aromatic N) is 1. The van der Waals surface area contributed by atoms with Crippen molar-refractivity contribution < 1.29 is 0 Å². The van der Waals surface area contributed by atoms with Gasteiger partial charge in [-0.3, -0.25) is 4.90 Å². The molecule has 0 aromatic heterocycles. The Morgan fingerprint density at radius 1 is 1.31 bits per heavy atom. The van der Waals surface area contributed by atoms with E-state index in [0.29, 0.717) is 11.6 Å². The molecule has 1 fully saturated rings. The lowest BCUT2D eigenvalue weighted by molar-refractivity contribution is 0.0557. The van der Waals surface area contributed by atoms with E-state index in [-0.39, 0.29) is 0 Å². The Labute approximate surface area is 82.7 Å².